The van der Waals surface area contributed by atoms with Crippen molar-refractivity contribution >= 4 is 16.9 Å². The summed E-state index contributed by atoms with van der Waals surface area (Å²) in [7, 11) is 0. The van der Waals surface area contributed by atoms with Gasteiger partial charge in [0.1, 0.15) is 0 Å². The van der Waals surface area contributed by atoms with Crippen LogP contribution in [0.2, 0.25) is 0 Å². The number of hydrogen-bond acceptors (Lipinski definition) is 3. The van der Waals surface area contributed by atoms with Crippen LogP contribution in [0.1, 0.15) is 81.1 Å². The Labute approximate surface area is 160 Å². The molecule has 1 unspecified atom stereocenters. The van der Waals surface area contributed by atoms with Gasteiger partial charge in [0.25, 0.3) is 5.91 Å². The van der Waals surface area contributed by atoms with E-state index in [0.29, 0.717) is 34.6 Å². The van der Waals surface area contributed by atoms with E-state index in [0.717, 1.165) is 37.2 Å². The topological polar surface area (TPSA) is 104 Å². The number of rotatable bonds is 7. The standard InChI is InChI=1S/C21H32N4O2/c1-12(2)4-5-13(3)23-16-8-6-14(7-9-16)15-10-17(20(22)26)19-18(11-15)24-21(27)25-19/h10-14,16,23H,4-9H2,1-3H3,(H2,22,26)(H2,24,25,27). The van der Waals surface area contributed by atoms with Crippen molar-refractivity contribution in [2.45, 2.75) is 77.3 Å². The summed E-state index contributed by atoms with van der Waals surface area (Å²) < 4.78 is 0. The number of amides is 1. The third-order valence-corrected chi connectivity index (χ3v) is 5.81. The molecule has 0 spiro atoms. The van der Waals surface area contributed by atoms with Crippen LogP contribution in [0, 0.1) is 5.92 Å². The molecule has 1 amide bonds. The predicted molar refractivity (Wildman–Crippen MR) is 109 cm³/mol. The second-order valence-electron chi connectivity index (χ2n) is 8.52. The van der Waals surface area contributed by atoms with E-state index in [1.54, 1.807) is 0 Å². The van der Waals surface area contributed by atoms with Crippen molar-refractivity contribution in [3.63, 3.8) is 0 Å². The van der Waals surface area contributed by atoms with Crippen molar-refractivity contribution in [2.75, 3.05) is 0 Å². The lowest BCUT2D eigenvalue weighted by molar-refractivity contribution is 0.100. The quantitative estimate of drug-likeness (QED) is 0.599. The fourth-order valence-corrected chi connectivity index (χ4v) is 4.26. The normalized spacial score (nSPS) is 21.6. The van der Waals surface area contributed by atoms with Crippen LogP contribution >= 0.6 is 0 Å². The summed E-state index contributed by atoms with van der Waals surface area (Å²) in [5.74, 6) is 0.639. The minimum absolute atomic E-state index is 0.312. The molecule has 3 rings (SSSR count). The Morgan fingerprint density at radius 2 is 1.85 bits per heavy atom. The van der Waals surface area contributed by atoms with Crippen molar-refractivity contribution in [3.05, 3.63) is 33.7 Å². The van der Waals surface area contributed by atoms with Crippen LogP contribution in [0.15, 0.2) is 16.9 Å². The molecule has 0 saturated heterocycles. The van der Waals surface area contributed by atoms with Gasteiger partial charge < -0.3 is 21.0 Å². The van der Waals surface area contributed by atoms with E-state index in [9.17, 15) is 9.59 Å². The third-order valence-electron chi connectivity index (χ3n) is 5.81. The van der Waals surface area contributed by atoms with Gasteiger partial charge in [-0.2, -0.15) is 0 Å². The zero-order valence-electron chi connectivity index (χ0n) is 16.6. The van der Waals surface area contributed by atoms with Gasteiger partial charge in [0.05, 0.1) is 16.6 Å². The van der Waals surface area contributed by atoms with Gasteiger partial charge in [-0.05, 0) is 75.0 Å². The van der Waals surface area contributed by atoms with Crippen LogP contribution in [0.3, 0.4) is 0 Å². The van der Waals surface area contributed by atoms with Crippen molar-refractivity contribution in [2.24, 2.45) is 11.7 Å². The summed E-state index contributed by atoms with van der Waals surface area (Å²) >= 11 is 0. The van der Waals surface area contributed by atoms with E-state index in [2.05, 4.69) is 36.1 Å². The Morgan fingerprint density at radius 3 is 2.48 bits per heavy atom. The van der Waals surface area contributed by atoms with Crippen LogP contribution in [0.5, 0.6) is 0 Å². The van der Waals surface area contributed by atoms with Gasteiger partial charge in [-0.1, -0.05) is 13.8 Å². The van der Waals surface area contributed by atoms with Crippen LogP contribution in [-0.4, -0.2) is 28.0 Å². The maximum absolute atomic E-state index is 11.8. The Hall–Kier alpha value is -2.08. The maximum atomic E-state index is 11.8. The Kier molecular flexibility index (Phi) is 6.05. The van der Waals surface area contributed by atoms with Gasteiger partial charge in [-0.3, -0.25) is 4.79 Å². The third kappa shape index (κ3) is 4.80. The molecule has 0 aliphatic heterocycles. The SMILES string of the molecule is CC(C)CCC(C)NC1CCC(c2cc(C(N)=O)c3[nH]c(=O)[nH]c3c2)CC1. The number of fused-ring (bicyclic) bond motifs is 1. The number of imidazole rings is 1. The smallest absolute Gasteiger partial charge is 0.323 e. The molecular weight excluding hydrogens is 340 g/mol. The van der Waals surface area contributed by atoms with Crippen molar-refractivity contribution in [3.8, 4) is 0 Å². The average Bonchev–Trinajstić information content (AvgIpc) is 2.99. The van der Waals surface area contributed by atoms with Gasteiger partial charge in [0, 0.05) is 12.1 Å². The van der Waals surface area contributed by atoms with E-state index in [1.165, 1.54) is 12.8 Å². The first-order chi connectivity index (χ1) is 12.8. The number of nitrogens with two attached hydrogens (primary N) is 1. The number of primary amides is 1. The van der Waals surface area contributed by atoms with E-state index < -0.39 is 5.91 Å². The van der Waals surface area contributed by atoms with E-state index in [-0.39, 0.29) is 5.69 Å². The molecule has 1 aromatic carbocycles. The zero-order valence-corrected chi connectivity index (χ0v) is 16.6. The first-order valence-corrected chi connectivity index (χ1v) is 10.1. The van der Waals surface area contributed by atoms with Crippen LogP contribution in [0.25, 0.3) is 11.0 Å². The van der Waals surface area contributed by atoms with Crippen LogP contribution in [0.4, 0.5) is 0 Å². The van der Waals surface area contributed by atoms with Gasteiger partial charge >= 0.3 is 5.69 Å². The maximum Gasteiger partial charge on any atom is 0.323 e. The van der Waals surface area contributed by atoms with Gasteiger partial charge in [-0.15, -0.1) is 0 Å². The highest BCUT2D eigenvalue weighted by molar-refractivity contribution is 6.04. The van der Waals surface area contributed by atoms with E-state index in [1.807, 2.05) is 12.1 Å². The largest absolute Gasteiger partial charge is 0.366 e. The van der Waals surface area contributed by atoms with Gasteiger partial charge in [0.15, 0.2) is 0 Å². The molecule has 6 heteroatoms. The minimum atomic E-state index is -0.508. The number of aromatic nitrogens is 2. The predicted octanol–water partition coefficient (Wildman–Crippen LogP) is 3.40. The molecule has 6 nitrogen and oxygen atoms in total. The zero-order chi connectivity index (χ0) is 19.6. The minimum Gasteiger partial charge on any atom is -0.366 e. The molecule has 0 bridgehead atoms. The highest BCUT2D eigenvalue weighted by Gasteiger charge is 2.25. The fraction of sp³-hybridized carbons (Fsp3) is 0.619. The molecule has 1 aliphatic carbocycles. The molecule has 1 aliphatic rings. The second kappa shape index (κ2) is 8.30. The van der Waals surface area contributed by atoms with E-state index >= 15 is 0 Å². The first kappa shape index (κ1) is 19.7. The fourth-order valence-electron chi connectivity index (χ4n) is 4.26. The number of hydrogen-bond donors (Lipinski definition) is 4. The number of aromatic amines is 2. The summed E-state index contributed by atoms with van der Waals surface area (Å²) in [4.78, 5) is 28.9. The lowest BCUT2D eigenvalue weighted by atomic mass is 9.81. The molecule has 1 fully saturated rings. The monoisotopic (exact) mass is 372 g/mol. The van der Waals surface area contributed by atoms with Crippen molar-refractivity contribution < 1.29 is 4.79 Å². The van der Waals surface area contributed by atoms with Crippen molar-refractivity contribution in [1.82, 2.24) is 15.3 Å². The highest BCUT2D eigenvalue weighted by Crippen LogP contribution is 2.35. The first-order valence-electron chi connectivity index (χ1n) is 10.1. The summed E-state index contributed by atoms with van der Waals surface area (Å²) in [6.45, 7) is 6.82. The lowest BCUT2D eigenvalue weighted by Crippen LogP contribution is -2.38. The highest BCUT2D eigenvalue weighted by atomic mass is 16.1. The molecule has 1 aromatic heterocycles. The molecular formula is C21H32N4O2. The van der Waals surface area contributed by atoms with Crippen molar-refractivity contribution in [1.29, 1.82) is 0 Å². The lowest BCUT2D eigenvalue weighted by Gasteiger charge is -2.32. The number of H-pyrrole nitrogens is 2. The number of benzene rings is 1. The summed E-state index contributed by atoms with van der Waals surface area (Å²) in [6, 6.07) is 4.97. The average molecular weight is 373 g/mol. The number of carbonyl (C=O) groups excluding carboxylic acids is 1. The molecule has 1 heterocycles. The van der Waals surface area contributed by atoms with E-state index in [4.69, 9.17) is 5.73 Å². The Morgan fingerprint density at radius 1 is 1.15 bits per heavy atom. The number of carbonyl (C=O) groups is 1. The summed E-state index contributed by atoms with van der Waals surface area (Å²) in [6.07, 6.45) is 6.89. The molecule has 27 heavy (non-hydrogen) atoms. The molecule has 5 N–H and O–H groups in total. The van der Waals surface area contributed by atoms with Gasteiger partial charge in [0.2, 0.25) is 0 Å². The molecule has 1 saturated carbocycles. The number of nitrogens with one attached hydrogen (secondary N) is 3. The molecule has 148 valence electrons. The van der Waals surface area contributed by atoms with Crippen LogP contribution < -0.4 is 16.7 Å². The summed E-state index contributed by atoms with van der Waals surface area (Å²) in [5.41, 5.74) is 7.87. The van der Waals surface area contributed by atoms with Crippen LogP contribution in [-0.2, 0) is 0 Å². The molecule has 1 atom stereocenters. The molecule has 0 radical (unpaired) electrons. The Bertz CT molecular complexity index is 843. The van der Waals surface area contributed by atoms with Gasteiger partial charge in [-0.25, -0.2) is 4.79 Å². The Balaban J connectivity index is 1.66. The molecule has 2 aromatic rings. The summed E-state index contributed by atoms with van der Waals surface area (Å²) in [5, 5.41) is 3.78. The second-order valence-corrected chi connectivity index (χ2v) is 8.52.